The number of allylic oxidation sites excluding steroid dienone is 2. The molecule has 1 aromatic carbocycles. The van der Waals surface area contributed by atoms with E-state index in [2.05, 4.69) is 20.3 Å². The lowest BCUT2D eigenvalue weighted by Crippen LogP contribution is -2.42. The number of benzene rings is 1. The van der Waals surface area contributed by atoms with Crippen LogP contribution in [-0.4, -0.2) is 39.1 Å². The number of aromatic nitrogens is 2. The molecule has 0 radical (unpaired) electrons. The van der Waals surface area contributed by atoms with Crippen LogP contribution in [0.1, 0.15) is 36.7 Å². The van der Waals surface area contributed by atoms with E-state index in [4.69, 9.17) is 4.74 Å². The summed E-state index contributed by atoms with van der Waals surface area (Å²) >= 11 is 0. The Labute approximate surface area is 212 Å². The van der Waals surface area contributed by atoms with Gasteiger partial charge < -0.3 is 20.0 Å². The highest BCUT2D eigenvalue weighted by Gasteiger charge is 2.48. The summed E-state index contributed by atoms with van der Waals surface area (Å²) in [5, 5.41) is 14.7. The van der Waals surface area contributed by atoms with Crippen molar-refractivity contribution in [2.45, 2.75) is 26.7 Å². The van der Waals surface area contributed by atoms with E-state index < -0.39 is 22.7 Å². The second kappa shape index (κ2) is 9.38. The molecule has 0 saturated carbocycles. The number of esters is 1. The standard InChI is InChI=1S/C27H25N5O5/c1-4-37-27(34)22-15(3)29-26-24(23(22)19-6-5-11-28-19)25(33)20(31-26)13-16-8-10-18(30-16)17-9-7-14(2)12-21(17)32(35)36/h5-13,23-24,28,30H,4H2,1-3H3,(H,29,31)/b20-13-. The molecule has 10 heteroatoms. The quantitative estimate of drug-likeness (QED) is 0.199. The molecule has 0 bridgehead atoms. The smallest absolute Gasteiger partial charge is 0.336 e. The number of aromatic amines is 2. The van der Waals surface area contributed by atoms with Gasteiger partial charge in [-0.25, -0.2) is 9.79 Å². The fourth-order valence-electron chi connectivity index (χ4n) is 4.90. The van der Waals surface area contributed by atoms with Gasteiger partial charge in [0.1, 0.15) is 11.5 Å². The molecule has 3 aromatic rings. The van der Waals surface area contributed by atoms with Gasteiger partial charge in [-0.1, -0.05) is 6.07 Å². The number of carbonyl (C=O) groups is 2. The second-order valence-corrected chi connectivity index (χ2v) is 8.96. The molecule has 0 spiro atoms. The third-order valence-corrected chi connectivity index (χ3v) is 6.53. The normalized spacial score (nSPS) is 20.0. The molecule has 3 N–H and O–H groups in total. The van der Waals surface area contributed by atoms with Gasteiger partial charge in [0, 0.05) is 29.3 Å². The summed E-state index contributed by atoms with van der Waals surface area (Å²) in [5.41, 5.74) is 4.25. The number of aliphatic imine (C=N–C) groups is 1. The average Bonchev–Trinajstić information content (AvgIpc) is 3.60. The van der Waals surface area contributed by atoms with Crippen LogP contribution in [0.15, 0.2) is 70.6 Å². The minimum atomic E-state index is -0.722. The minimum Gasteiger partial charge on any atom is -0.463 e. The SMILES string of the molecule is CCOC(=O)C1=C(C)NC2=N/C(=C\c3ccc(-c4ccc(C)cc4[N+](=O)[O-])[nH]3)C(=O)C2C1c1ccc[nH]1. The Morgan fingerprint density at radius 2 is 2.00 bits per heavy atom. The molecular formula is C27H25N5O5. The molecule has 0 fully saturated rings. The van der Waals surface area contributed by atoms with E-state index in [1.165, 1.54) is 6.07 Å². The predicted octanol–water partition coefficient (Wildman–Crippen LogP) is 4.39. The monoisotopic (exact) mass is 499 g/mol. The van der Waals surface area contributed by atoms with Crippen molar-refractivity contribution in [3.63, 3.8) is 0 Å². The number of ketones is 1. The van der Waals surface area contributed by atoms with Gasteiger partial charge in [-0.05, 0) is 62.7 Å². The summed E-state index contributed by atoms with van der Waals surface area (Å²) in [7, 11) is 0. The first-order chi connectivity index (χ1) is 17.8. The number of nitrogens with one attached hydrogen (secondary N) is 3. The number of nitrogens with zero attached hydrogens (tertiary/aromatic N) is 2. The van der Waals surface area contributed by atoms with Crippen LogP contribution >= 0.6 is 0 Å². The van der Waals surface area contributed by atoms with Gasteiger partial charge in [0.25, 0.3) is 5.69 Å². The molecule has 2 aromatic heterocycles. The maximum atomic E-state index is 13.6. The summed E-state index contributed by atoms with van der Waals surface area (Å²) in [5.74, 6) is -1.57. The number of H-pyrrole nitrogens is 2. The van der Waals surface area contributed by atoms with Crippen molar-refractivity contribution in [2.75, 3.05) is 6.61 Å². The number of amidine groups is 1. The summed E-state index contributed by atoms with van der Waals surface area (Å²) in [6, 6.07) is 12.1. The first-order valence-corrected chi connectivity index (χ1v) is 11.9. The maximum absolute atomic E-state index is 13.6. The molecule has 0 saturated heterocycles. The lowest BCUT2D eigenvalue weighted by atomic mass is 9.77. The third-order valence-electron chi connectivity index (χ3n) is 6.53. The van der Waals surface area contributed by atoms with Gasteiger partial charge in [0.05, 0.1) is 40.2 Å². The number of carbonyl (C=O) groups excluding carboxylic acids is 2. The number of fused-ring (bicyclic) bond motifs is 1. The van der Waals surface area contributed by atoms with E-state index in [1.807, 2.05) is 12.1 Å². The highest BCUT2D eigenvalue weighted by molar-refractivity contribution is 6.21. The van der Waals surface area contributed by atoms with Crippen LogP contribution in [0, 0.1) is 23.0 Å². The molecule has 2 unspecified atom stereocenters. The van der Waals surface area contributed by atoms with Crippen molar-refractivity contribution in [2.24, 2.45) is 10.9 Å². The van der Waals surface area contributed by atoms with Crippen LogP contribution in [0.2, 0.25) is 0 Å². The van der Waals surface area contributed by atoms with Crippen LogP contribution in [0.3, 0.4) is 0 Å². The molecule has 188 valence electrons. The van der Waals surface area contributed by atoms with Crippen molar-refractivity contribution in [3.8, 4) is 11.3 Å². The van der Waals surface area contributed by atoms with Crippen LogP contribution in [0.4, 0.5) is 5.69 Å². The first-order valence-electron chi connectivity index (χ1n) is 11.9. The van der Waals surface area contributed by atoms with Gasteiger partial charge in [-0.2, -0.15) is 0 Å². The molecule has 2 aliphatic rings. The van der Waals surface area contributed by atoms with Crippen LogP contribution in [0.5, 0.6) is 0 Å². The fourth-order valence-corrected chi connectivity index (χ4v) is 4.90. The zero-order chi connectivity index (χ0) is 26.3. The minimum absolute atomic E-state index is 0.00436. The number of ether oxygens (including phenoxy) is 1. The van der Waals surface area contributed by atoms with Crippen molar-refractivity contribution < 1.29 is 19.2 Å². The van der Waals surface area contributed by atoms with Gasteiger partial charge in [0.2, 0.25) is 0 Å². The van der Waals surface area contributed by atoms with E-state index >= 15 is 0 Å². The molecule has 0 aliphatic carbocycles. The number of rotatable bonds is 6. The summed E-state index contributed by atoms with van der Waals surface area (Å²) in [6.07, 6.45) is 3.36. The summed E-state index contributed by atoms with van der Waals surface area (Å²) in [4.78, 5) is 48.5. The Morgan fingerprint density at radius 1 is 1.19 bits per heavy atom. The van der Waals surface area contributed by atoms with Gasteiger partial charge >= 0.3 is 5.97 Å². The predicted molar refractivity (Wildman–Crippen MR) is 138 cm³/mol. The lowest BCUT2D eigenvalue weighted by molar-refractivity contribution is -0.384. The highest BCUT2D eigenvalue weighted by Crippen LogP contribution is 2.42. The Morgan fingerprint density at radius 3 is 2.70 bits per heavy atom. The molecule has 0 amide bonds. The molecular weight excluding hydrogens is 474 g/mol. The van der Waals surface area contributed by atoms with E-state index in [-0.39, 0.29) is 23.8 Å². The molecule has 5 rings (SSSR count). The van der Waals surface area contributed by atoms with Crippen molar-refractivity contribution in [1.82, 2.24) is 15.3 Å². The second-order valence-electron chi connectivity index (χ2n) is 8.96. The van der Waals surface area contributed by atoms with E-state index in [9.17, 15) is 19.7 Å². The zero-order valence-electron chi connectivity index (χ0n) is 20.5. The Hall–Kier alpha value is -4.73. The van der Waals surface area contributed by atoms with Crippen LogP contribution in [-0.2, 0) is 14.3 Å². The molecule has 4 heterocycles. The van der Waals surface area contributed by atoms with Crippen LogP contribution < -0.4 is 5.32 Å². The number of nitro groups is 1. The Kier molecular flexibility index (Phi) is 6.08. The van der Waals surface area contributed by atoms with Gasteiger partial charge in [-0.3, -0.25) is 14.9 Å². The number of hydrogen-bond donors (Lipinski definition) is 3. The molecule has 10 nitrogen and oxygen atoms in total. The number of hydrogen-bond acceptors (Lipinski definition) is 7. The van der Waals surface area contributed by atoms with Gasteiger partial charge in [-0.15, -0.1) is 0 Å². The number of Topliss-reactive ketones (excluding diaryl/α,β-unsaturated/α-hetero) is 1. The Balaban J connectivity index is 1.50. The summed E-state index contributed by atoms with van der Waals surface area (Å²) < 4.78 is 5.30. The van der Waals surface area contributed by atoms with Crippen LogP contribution in [0.25, 0.3) is 17.3 Å². The number of nitro benzene ring substituents is 1. The van der Waals surface area contributed by atoms with E-state index in [0.717, 1.165) is 5.56 Å². The lowest BCUT2D eigenvalue weighted by Gasteiger charge is -2.31. The molecule has 2 aliphatic heterocycles. The van der Waals surface area contributed by atoms with Crippen molar-refractivity contribution >= 4 is 29.4 Å². The third kappa shape index (κ3) is 4.26. The van der Waals surface area contributed by atoms with E-state index in [0.29, 0.717) is 39.8 Å². The summed E-state index contributed by atoms with van der Waals surface area (Å²) in [6.45, 7) is 5.51. The zero-order valence-corrected chi connectivity index (χ0v) is 20.5. The van der Waals surface area contributed by atoms with Crippen molar-refractivity contribution in [1.29, 1.82) is 0 Å². The molecule has 2 atom stereocenters. The Bertz CT molecular complexity index is 1510. The average molecular weight is 500 g/mol. The topological polar surface area (TPSA) is 142 Å². The molecule has 37 heavy (non-hydrogen) atoms. The van der Waals surface area contributed by atoms with Crippen molar-refractivity contribution in [3.05, 3.63) is 92.7 Å². The maximum Gasteiger partial charge on any atom is 0.336 e. The van der Waals surface area contributed by atoms with Gasteiger partial charge in [0.15, 0.2) is 5.78 Å². The number of aryl methyl sites for hydroxylation is 1. The largest absolute Gasteiger partial charge is 0.463 e. The highest BCUT2D eigenvalue weighted by atomic mass is 16.6. The first kappa shape index (κ1) is 24.0. The van der Waals surface area contributed by atoms with E-state index in [1.54, 1.807) is 57.3 Å². The fraction of sp³-hybridized carbons (Fsp3) is 0.222.